The monoisotopic (exact) mass is 336 g/mol. The number of rotatable bonds is 3. The maximum atomic E-state index is 12.6. The maximum absolute atomic E-state index is 12.6. The predicted octanol–water partition coefficient (Wildman–Crippen LogP) is 2.08. The molecule has 25 heavy (non-hydrogen) atoms. The average Bonchev–Trinajstić information content (AvgIpc) is 3.04. The Bertz CT molecular complexity index is 891. The zero-order valence-electron chi connectivity index (χ0n) is 13.9. The minimum absolute atomic E-state index is 0.0797. The number of piperidine rings is 1. The van der Waals surface area contributed by atoms with Crippen molar-refractivity contribution >= 4 is 16.9 Å². The Balaban J connectivity index is 1.58. The minimum Gasteiger partial charge on any atom is -0.391 e. The number of nitrogens with zero attached hydrogens (tertiary/aromatic N) is 4. The van der Waals surface area contributed by atoms with E-state index in [1.165, 1.54) is 0 Å². The van der Waals surface area contributed by atoms with Crippen molar-refractivity contribution in [3.05, 3.63) is 59.9 Å². The van der Waals surface area contributed by atoms with Crippen LogP contribution in [0.2, 0.25) is 0 Å². The molecule has 1 fully saturated rings. The van der Waals surface area contributed by atoms with Crippen LogP contribution in [0.15, 0.2) is 48.8 Å². The molecule has 128 valence electrons. The number of β-amino-alcohol motifs (C(OH)–C–C–N with tert-alkyl or cyclic N) is 1. The number of amides is 1. The Morgan fingerprint density at radius 1 is 1.24 bits per heavy atom. The van der Waals surface area contributed by atoms with Gasteiger partial charge in [-0.1, -0.05) is 30.3 Å². The summed E-state index contributed by atoms with van der Waals surface area (Å²) in [4.78, 5) is 18.8. The molecule has 0 aliphatic carbocycles. The van der Waals surface area contributed by atoms with Gasteiger partial charge in [-0.2, -0.15) is 5.10 Å². The Labute approximate surface area is 145 Å². The predicted molar refractivity (Wildman–Crippen MR) is 94.2 cm³/mol. The number of likely N-dealkylation sites (tertiary alicyclic amines) is 1. The number of hydrogen-bond donors (Lipinski definition) is 1. The molecule has 1 atom stereocenters. The molecule has 6 nitrogen and oxygen atoms in total. The Morgan fingerprint density at radius 2 is 2.08 bits per heavy atom. The summed E-state index contributed by atoms with van der Waals surface area (Å²) < 4.78 is 1.84. The van der Waals surface area contributed by atoms with Crippen molar-refractivity contribution in [2.45, 2.75) is 25.5 Å². The van der Waals surface area contributed by atoms with Crippen LogP contribution >= 0.6 is 0 Å². The molecule has 6 heteroatoms. The molecule has 1 aliphatic rings. The normalized spacial score (nSPS) is 17.8. The van der Waals surface area contributed by atoms with Gasteiger partial charge in [0.05, 0.1) is 24.4 Å². The molecule has 3 aromatic rings. The molecular formula is C19H20N4O2. The molecule has 0 spiro atoms. The van der Waals surface area contributed by atoms with Gasteiger partial charge in [-0.05, 0) is 24.5 Å². The first-order chi connectivity index (χ1) is 12.2. The van der Waals surface area contributed by atoms with Crippen molar-refractivity contribution < 1.29 is 9.90 Å². The largest absolute Gasteiger partial charge is 0.391 e. The molecule has 0 bridgehead atoms. The zero-order chi connectivity index (χ0) is 17.2. The van der Waals surface area contributed by atoms with Crippen molar-refractivity contribution in [1.82, 2.24) is 19.7 Å². The number of carbonyl (C=O) groups is 1. The first kappa shape index (κ1) is 15.8. The van der Waals surface area contributed by atoms with Gasteiger partial charge < -0.3 is 10.0 Å². The van der Waals surface area contributed by atoms with E-state index in [4.69, 9.17) is 0 Å². The molecule has 1 saturated heterocycles. The number of aromatic nitrogens is 3. The van der Waals surface area contributed by atoms with Crippen molar-refractivity contribution in [1.29, 1.82) is 0 Å². The number of benzene rings is 1. The molecule has 1 unspecified atom stereocenters. The first-order valence-electron chi connectivity index (χ1n) is 8.53. The Kier molecular flexibility index (Phi) is 4.19. The fraction of sp³-hybridized carbons (Fsp3) is 0.316. The summed E-state index contributed by atoms with van der Waals surface area (Å²) in [5, 5.41) is 15.0. The van der Waals surface area contributed by atoms with Crippen molar-refractivity contribution in [3.8, 4) is 0 Å². The van der Waals surface area contributed by atoms with E-state index in [2.05, 4.69) is 10.1 Å². The molecule has 0 saturated carbocycles. The van der Waals surface area contributed by atoms with E-state index in [0.29, 0.717) is 25.2 Å². The molecule has 2 aromatic heterocycles. The average molecular weight is 336 g/mol. The lowest BCUT2D eigenvalue weighted by Crippen LogP contribution is -2.42. The van der Waals surface area contributed by atoms with Gasteiger partial charge in [0.2, 0.25) is 0 Å². The lowest BCUT2D eigenvalue weighted by molar-refractivity contribution is 0.0473. The van der Waals surface area contributed by atoms with E-state index < -0.39 is 6.10 Å². The minimum atomic E-state index is -0.428. The molecule has 4 rings (SSSR count). The third-order valence-electron chi connectivity index (χ3n) is 4.58. The summed E-state index contributed by atoms with van der Waals surface area (Å²) in [6.45, 7) is 1.72. The topological polar surface area (TPSA) is 71.2 Å². The van der Waals surface area contributed by atoms with Crippen molar-refractivity contribution in [2.75, 3.05) is 13.1 Å². The van der Waals surface area contributed by atoms with Crippen LogP contribution in [0, 0.1) is 0 Å². The van der Waals surface area contributed by atoms with Gasteiger partial charge in [-0.15, -0.1) is 0 Å². The summed E-state index contributed by atoms with van der Waals surface area (Å²) in [6, 6.07) is 11.9. The standard InChI is InChI=1S/C19H20N4O2/c24-17-7-4-8-22(13-17)19(25)16-9-15-11-21-23(18(15)20-10-16)12-14-5-2-1-3-6-14/h1-3,5-6,9-11,17,24H,4,7-8,12-13H2. The lowest BCUT2D eigenvalue weighted by atomic mass is 10.1. The van der Waals surface area contributed by atoms with E-state index in [1.54, 1.807) is 17.3 Å². The highest BCUT2D eigenvalue weighted by Gasteiger charge is 2.23. The van der Waals surface area contributed by atoms with Crippen LogP contribution in [0.4, 0.5) is 0 Å². The lowest BCUT2D eigenvalue weighted by Gasteiger charge is -2.30. The number of fused-ring (bicyclic) bond motifs is 1. The number of carbonyl (C=O) groups excluding carboxylic acids is 1. The SMILES string of the molecule is O=C(c1cnc2c(cnn2Cc2ccccc2)c1)N1CCCC(O)C1. The number of pyridine rings is 1. The summed E-state index contributed by atoms with van der Waals surface area (Å²) in [5.41, 5.74) is 2.46. The van der Waals surface area contributed by atoms with Gasteiger partial charge in [-0.25, -0.2) is 9.67 Å². The second-order valence-corrected chi connectivity index (χ2v) is 6.47. The van der Waals surface area contributed by atoms with Gasteiger partial charge in [-0.3, -0.25) is 4.79 Å². The summed E-state index contributed by atoms with van der Waals surface area (Å²) in [6.07, 6.45) is 4.51. The fourth-order valence-electron chi connectivity index (χ4n) is 3.28. The summed E-state index contributed by atoms with van der Waals surface area (Å²) in [7, 11) is 0. The van der Waals surface area contributed by atoms with Gasteiger partial charge >= 0.3 is 0 Å². The molecule has 3 heterocycles. The second kappa shape index (κ2) is 6.64. The van der Waals surface area contributed by atoms with E-state index in [9.17, 15) is 9.90 Å². The van der Waals surface area contributed by atoms with Crippen LogP contribution in [-0.4, -0.2) is 49.9 Å². The van der Waals surface area contributed by atoms with Crippen LogP contribution in [0.5, 0.6) is 0 Å². The zero-order valence-corrected chi connectivity index (χ0v) is 13.9. The van der Waals surface area contributed by atoms with Crippen LogP contribution in [0.25, 0.3) is 11.0 Å². The smallest absolute Gasteiger partial charge is 0.255 e. The van der Waals surface area contributed by atoms with E-state index in [1.807, 2.05) is 41.1 Å². The molecule has 1 N–H and O–H groups in total. The second-order valence-electron chi connectivity index (χ2n) is 6.47. The van der Waals surface area contributed by atoms with Crippen LogP contribution < -0.4 is 0 Å². The summed E-state index contributed by atoms with van der Waals surface area (Å²) >= 11 is 0. The Morgan fingerprint density at radius 3 is 2.88 bits per heavy atom. The fourth-order valence-corrected chi connectivity index (χ4v) is 3.28. The number of aliphatic hydroxyl groups excluding tert-OH is 1. The first-order valence-corrected chi connectivity index (χ1v) is 8.53. The van der Waals surface area contributed by atoms with Gasteiger partial charge in [0, 0.05) is 24.7 Å². The maximum Gasteiger partial charge on any atom is 0.255 e. The molecule has 1 aliphatic heterocycles. The van der Waals surface area contributed by atoms with E-state index in [0.717, 1.165) is 29.4 Å². The third-order valence-corrected chi connectivity index (χ3v) is 4.58. The van der Waals surface area contributed by atoms with Crippen molar-refractivity contribution in [2.24, 2.45) is 0 Å². The van der Waals surface area contributed by atoms with Crippen molar-refractivity contribution in [3.63, 3.8) is 0 Å². The third kappa shape index (κ3) is 3.25. The summed E-state index contributed by atoms with van der Waals surface area (Å²) in [5.74, 6) is -0.0797. The highest BCUT2D eigenvalue weighted by Crippen LogP contribution is 2.18. The highest BCUT2D eigenvalue weighted by molar-refractivity contribution is 5.96. The molecule has 0 radical (unpaired) electrons. The van der Waals surface area contributed by atoms with Crippen LogP contribution in [0.3, 0.4) is 0 Å². The van der Waals surface area contributed by atoms with E-state index in [-0.39, 0.29) is 5.91 Å². The highest BCUT2D eigenvalue weighted by atomic mass is 16.3. The number of aliphatic hydroxyl groups is 1. The number of hydrogen-bond acceptors (Lipinski definition) is 4. The van der Waals surface area contributed by atoms with Crippen LogP contribution in [-0.2, 0) is 6.54 Å². The molecular weight excluding hydrogens is 316 g/mol. The van der Waals surface area contributed by atoms with Gasteiger partial charge in [0.15, 0.2) is 5.65 Å². The molecule has 1 amide bonds. The van der Waals surface area contributed by atoms with Gasteiger partial charge in [0.25, 0.3) is 5.91 Å². The van der Waals surface area contributed by atoms with E-state index >= 15 is 0 Å². The quantitative estimate of drug-likeness (QED) is 0.795. The Hall–Kier alpha value is -2.73. The van der Waals surface area contributed by atoms with Gasteiger partial charge in [0.1, 0.15) is 0 Å². The molecule has 1 aromatic carbocycles. The van der Waals surface area contributed by atoms with Crippen LogP contribution in [0.1, 0.15) is 28.8 Å².